The van der Waals surface area contributed by atoms with E-state index in [1.165, 1.54) is 11.3 Å². The second-order valence-corrected chi connectivity index (χ2v) is 11.1. The zero-order valence-corrected chi connectivity index (χ0v) is 21.8. The molecule has 0 spiro atoms. The summed E-state index contributed by atoms with van der Waals surface area (Å²) < 4.78 is 20.3. The minimum Gasteiger partial charge on any atom is -0.588 e. The van der Waals surface area contributed by atoms with Gasteiger partial charge in [-0.3, -0.25) is 14.5 Å². The number of benzene rings is 2. The molecule has 36 heavy (non-hydrogen) atoms. The molecule has 192 valence electrons. The van der Waals surface area contributed by atoms with Crippen molar-refractivity contribution in [3.8, 4) is 5.75 Å². The van der Waals surface area contributed by atoms with Crippen LogP contribution in [0.3, 0.4) is 0 Å². The van der Waals surface area contributed by atoms with Crippen molar-refractivity contribution in [2.75, 3.05) is 13.7 Å². The topological polar surface area (TPSA) is 111 Å². The van der Waals surface area contributed by atoms with Gasteiger partial charge in [-0.05, 0) is 68.5 Å². The molecule has 2 aliphatic rings. The average molecular weight is 512 g/mol. The zero-order valence-electron chi connectivity index (χ0n) is 21.0. The number of fused-ring (bicyclic) bond motifs is 1. The molecule has 1 saturated carbocycles. The summed E-state index contributed by atoms with van der Waals surface area (Å²) in [7, 11) is 1.54. The summed E-state index contributed by atoms with van der Waals surface area (Å²) in [6.45, 7) is 3.87. The van der Waals surface area contributed by atoms with Gasteiger partial charge in [0.2, 0.25) is 5.91 Å². The van der Waals surface area contributed by atoms with E-state index in [4.69, 9.17) is 4.74 Å². The Hall–Kier alpha value is -3.04. The lowest BCUT2D eigenvalue weighted by atomic mass is 9.77. The van der Waals surface area contributed by atoms with Gasteiger partial charge < -0.3 is 14.6 Å². The maximum absolute atomic E-state index is 13.2. The lowest BCUT2D eigenvalue weighted by Gasteiger charge is -2.37. The Kier molecular flexibility index (Phi) is 7.90. The van der Waals surface area contributed by atoms with E-state index < -0.39 is 22.8 Å². The third-order valence-corrected chi connectivity index (χ3v) is 8.11. The lowest BCUT2D eigenvalue weighted by molar-refractivity contribution is -0.134. The molecule has 0 radical (unpaired) electrons. The van der Waals surface area contributed by atoms with Crippen LogP contribution in [0.25, 0.3) is 0 Å². The lowest BCUT2D eigenvalue weighted by Crippen LogP contribution is -2.52. The minimum atomic E-state index is -1.68. The van der Waals surface area contributed by atoms with Crippen molar-refractivity contribution in [1.82, 2.24) is 14.9 Å². The van der Waals surface area contributed by atoms with Crippen molar-refractivity contribution in [2.45, 2.75) is 68.7 Å². The van der Waals surface area contributed by atoms with Crippen LogP contribution in [0, 0.1) is 0 Å². The highest BCUT2D eigenvalue weighted by Gasteiger charge is 2.44. The van der Waals surface area contributed by atoms with Gasteiger partial charge in [0.1, 0.15) is 17.1 Å². The number of urea groups is 1. The summed E-state index contributed by atoms with van der Waals surface area (Å²) in [4.78, 5) is 40.3. The Morgan fingerprint density at radius 2 is 1.81 bits per heavy atom. The minimum absolute atomic E-state index is 0.136. The summed E-state index contributed by atoms with van der Waals surface area (Å²) >= 11 is -1.68. The molecule has 1 aliphatic heterocycles. The molecule has 1 unspecified atom stereocenters. The van der Waals surface area contributed by atoms with E-state index >= 15 is 0 Å². The van der Waals surface area contributed by atoms with Crippen LogP contribution < -0.4 is 14.8 Å². The second kappa shape index (κ2) is 10.9. The first-order valence-electron chi connectivity index (χ1n) is 12.3. The molecule has 0 bridgehead atoms. The van der Waals surface area contributed by atoms with Gasteiger partial charge in [-0.25, -0.2) is 4.79 Å². The van der Waals surface area contributed by atoms with Gasteiger partial charge in [-0.1, -0.05) is 37.5 Å². The maximum Gasteiger partial charge on any atom is 0.356 e. The summed E-state index contributed by atoms with van der Waals surface area (Å²) in [6, 6.07) is 11.9. The van der Waals surface area contributed by atoms with Crippen molar-refractivity contribution in [3.05, 3.63) is 59.2 Å². The third-order valence-electron chi connectivity index (χ3n) is 7.04. The van der Waals surface area contributed by atoms with Gasteiger partial charge in [0.05, 0.1) is 12.5 Å². The van der Waals surface area contributed by atoms with Gasteiger partial charge in [-0.15, -0.1) is 4.72 Å². The number of rotatable bonds is 7. The molecular weight excluding hydrogens is 478 g/mol. The van der Waals surface area contributed by atoms with Crippen molar-refractivity contribution in [2.24, 2.45) is 0 Å². The van der Waals surface area contributed by atoms with Crippen molar-refractivity contribution in [3.63, 3.8) is 0 Å². The summed E-state index contributed by atoms with van der Waals surface area (Å²) in [5, 5.41) is 2.90. The van der Waals surface area contributed by atoms with E-state index in [0.29, 0.717) is 28.2 Å². The van der Waals surface area contributed by atoms with E-state index in [1.807, 2.05) is 13.8 Å². The van der Waals surface area contributed by atoms with E-state index in [0.717, 1.165) is 31.2 Å². The monoisotopic (exact) mass is 511 g/mol. The van der Waals surface area contributed by atoms with E-state index in [1.54, 1.807) is 49.6 Å². The molecule has 2 N–H and O–H groups in total. The number of methoxy groups -OCH3 is 1. The smallest absolute Gasteiger partial charge is 0.356 e. The second-order valence-electron chi connectivity index (χ2n) is 9.87. The average Bonchev–Trinajstić information content (AvgIpc) is 2.88. The number of hydrogen-bond donors (Lipinski definition) is 2. The number of carbonyl (C=O) groups is 3. The van der Waals surface area contributed by atoms with E-state index in [-0.39, 0.29) is 24.4 Å². The molecule has 1 heterocycles. The van der Waals surface area contributed by atoms with Crippen molar-refractivity contribution in [1.29, 1.82) is 0 Å². The molecule has 0 saturated heterocycles. The van der Waals surface area contributed by atoms with Crippen molar-refractivity contribution >= 4 is 29.2 Å². The number of carbonyl (C=O) groups excluding carboxylic acids is 3. The van der Waals surface area contributed by atoms with Crippen LogP contribution in [0.15, 0.2) is 47.4 Å². The number of amides is 4. The predicted molar refractivity (Wildman–Crippen MR) is 137 cm³/mol. The van der Waals surface area contributed by atoms with Gasteiger partial charge >= 0.3 is 6.03 Å². The largest absolute Gasteiger partial charge is 0.588 e. The summed E-state index contributed by atoms with van der Waals surface area (Å²) in [5.41, 5.74) is 1.22. The van der Waals surface area contributed by atoms with Crippen LogP contribution in [-0.4, -0.2) is 47.0 Å². The molecule has 1 aliphatic carbocycles. The molecule has 2 aromatic rings. The van der Waals surface area contributed by atoms with E-state index in [9.17, 15) is 18.9 Å². The molecule has 1 atom stereocenters. The van der Waals surface area contributed by atoms with Crippen LogP contribution in [0.5, 0.6) is 5.75 Å². The Bertz CT molecular complexity index is 1130. The zero-order chi connectivity index (χ0) is 25.9. The van der Waals surface area contributed by atoms with Gasteiger partial charge in [0.15, 0.2) is 4.90 Å². The molecule has 0 aromatic heterocycles. The fraction of sp³-hybridized carbons (Fsp3) is 0.444. The molecule has 2 aromatic carbocycles. The van der Waals surface area contributed by atoms with E-state index in [2.05, 4.69) is 10.0 Å². The molecule has 8 nitrogen and oxygen atoms in total. The predicted octanol–water partition coefficient (Wildman–Crippen LogP) is 3.85. The Balaban J connectivity index is 1.37. The van der Waals surface area contributed by atoms with Gasteiger partial charge in [0, 0.05) is 18.2 Å². The molecule has 4 amide bonds. The standard InChI is InChI=1S/C27H33N3O5S/c1-27(2)23-14-11-20(35-3)17-22(23)24(31)30(25(27)32)16-15-18-9-12-21(13-10-18)36(34)29-26(33)28-19-7-5-4-6-8-19/h9-14,17,19H,4-8,15-16H2,1-3H3,(H2,28,29,33). The molecular formula is C27H33N3O5S. The highest BCUT2D eigenvalue weighted by atomic mass is 32.2. The highest BCUT2D eigenvalue weighted by Crippen LogP contribution is 2.36. The highest BCUT2D eigenvalue weighted by molar-refractivity contribution is 7.90. The Labute approximate surface area is 215 Å². The molecule has 9 heteroatoms. The Morgan fingerprint density at radius 3 is 2.47 bits per heavy atom. The number of imide groups is 1. The quantitative estimate of drug-likeness (QED) is 0.433. The summed E-state index contributed by atoms with van der Waals surface area (Å²) in [6.07, 6.45) is 5.75. The van der Waals surface area contributed by atoms with Crippen LogP contribution in [0.1, 0.15) is 67.4 Å². The number of hydrogen-bond acceptors (Lipinski definition) is 5. The van der Waals surface area contributed by atoms with Crippen LogP contribution in [-0.2, 0) is 28.0 Å². The molecule has 4 rings (SSSR count). The fourth-order valence-electron chi connectivity index (χ4n) is 4.89. The Morgan fingerprint density at radius 1 is 1.11 bits per heavy atom. The van der Waals surface area contributed by atoms with Crippen molar-refractivity contribution < 1.29 is 23.7 Å². The first-order chi connectivity index (χ1) is 17.2. The first-order valence-corrected chi connectivity index (χ1v) is 13.5. The fourth-order valence-corrected chi connectivity index (χ4v) is 5.62. The normalized spacial score (nSPS) is 18.4. The number of nitrogens with zero attached hydrogens (tertiary/aromatic N) is 1. The third kappa shape index (κ3) is 5.52. The summed E-state index contributed by atoms with van der Waals surface area (Å²) in [5.74, 6) is -0.00739. The van der Waals surface area contributed by atoms with Crippen LogP contribution in [0.4, 0.5) is 4.79 Å². The van der Waals surface area contributed by atoms with Crippen LogP contribution in [0.2, 0.25) is 0 Å². The number of nitrogens with one attached hydrogen (secondary N) is 2. The van der Waals surface area contributed by atoms with Gasteiger partial charge in [0.25, 0.3) is 5.91 Å². The first kappa shape index (κ1) is 26.0. The molecule has 1 fully saturated rings. The van der Waals surface area contributed by atoms with Crippen LogP contribution >= 0.6 is 0 Å². The van der Waals surface area contributed by atoms with Gasteiger partial charge in [-0.2, -0.15) is 0 Å². The number of ether oxygens (including phenoxy) is 1. The SMILES string of the molecule is COc1ccc2c(c1)C(=O)N(CCc1ccc([S+]([O-])NC(=O)NC3CCCCC3)cc1)C(=O)C2(C)C. The maximum atomic E-state index is 13.2.